The Morgan fingerprint density at radius 2 is 2.18 bits per heavy atom. The van der Waals surface area contributed by atoms with Gasteiger partial charge >= 0.3 is 0 Å². The molecule has 2 atom stereocenters. The predicted molar refractivity (Wildman–Crippen MR) is 72.7 cm³/mol. The number of nitrogens with zero attached hydrogens (tertiary/aromatic N) is 1. The van der Waals surface area contributed by atoms with E-state index in [0.717, 1.165) is 29.3 Å². The number of nitrogens with one attached hydrogen (secondary N) is 1. The van der Waals surface area contributed by atoms with Crippen LogP contribution in [-0.2, 0) is 0 Å². The average molecular weight is 346 g/mol. The summed E-state index contributed by atoms with van der Waals surface area (Å²) in [4.78, 5) is 15.9. The second-order valence-electron chi connectivity index (χ2n) is 4.32. The molecule has 5 heteroatoms. The van der Waals surface area contributed by atoms with Gasteiger partial charge in [-0.1, -0.05) is 12.8 Å². The number of rotatable bonds is 2. The van der Waals surface area contributed by atoms with Gasteiger partial charge in [-0.05, 0) is 41.5 Å². The maximum Gasteiger partial charge on any atom is 0.253 e. The molecular weight excluding hydrogens is 331 g/mol. The number of aliphatic hydroxyl groups excluding tert-OH is 1. The fourth-order valence-corrected chi connectivity index (χ4v) is 2.56. The molecule has 1 amide bonds. The highest BCUT2D eigenvalue weighted by Crippen LogP contribution is 2.18. The van der Waals surface area contributed by atoms with Gasteiger partial charge in [-0.2, -0.15) is 0 Å². The number of carbonyl (C=O) groups is 1. The third kappa shape index (κ3) is 3.38. The summed E-state index contributed by atoms with van der Waals surface area (Å²) < 4.78 is 0.930. The van der Waals surface area contributed by atoms with E-state index in [1.807, 2.05) is 0 Å². The Morgan fingerprint density at radius 3 is 2.88 bits per heavy atom. The molecule has 0 aliphatic heterocycles. The SMILES string of the molecule is O=C(NC1CCCCC1O)c1cncc(I)c1. The summed E-state index contributed by atoms with van der Waals surface area (Å²) in [6.07, 6.45) is 6.56. The molecule has 17 heavy (non-hydrogen) atoms. The van der Waals surface area contributed by atoms with E-state index in [1.54, 1.807) is 18.5 Å². The summed E-state index contributed by atoms with van der Waals surface area (Å²) in [6.45, 7) is 0. The molecule has 0 bridgehead atoms. The Morgan fingerprint density at radius 1 is 1.41 bits per heavy atom. The number of hydrogen-bond donors (Lipinski definition) is 2. The first-order chi connectivity index (χ1) is 8.16. The number of aromatic nitrogens is 1. The lowest BCUT2D eigenvalue weighted by atomic mass is 9.92. The van der Waals surface area contributed by atoms with Gasteiger partial charge in [0.05, 0.1) is 17.7 Å². The second kappa shape index (κ2) is 5.77. The lowest BCUT2D eigenvalue weighted by Crippen LogP contribution is -2.45. The van der Waals surface area contributed by atoms with Crippen molar-refractivity contribution in [2.24, 2.45) is 0 Å². The van der Waals surface area contributed by atoms with Crippen LogP contribution in [0.2, 0.25) is 0 Å². The van der Waals surface area contributed by atoms with Crippen LogP contribution in [0.5, 0.6) is 0 Å². The first kappa shape index (κ1) is 12.8. The number of halogens is 1. The molecule has 1 saturated carbocycles. The van der Waals surface area contributed by atoms with Crippen molar-refractivity contribution in [3.63, 3.8) is 0 Å². The summed E-state index contributed by atoms with van der Waals surface area (Å²) >= 11 is 2.12. The minimum atomic E-state index is -0.413. The normalized spacial score (nSPS) is 24.4. The molecule has 2 rings (SSSR count). The van der Waals surface area contributed by atoms with E-state index in [2.05, 4.69) is 32.9 Å². The zero-order valence-electron chi connectivity index (χ0n) is 9.40. The monoisotopic (exact) mass is 346 g/mol. The van der Waals surface area contributed by atoms with Gasteiger partial charge in [-0.3, -0.25) is 9.78 Å². The molecule has 1 fully saturated rings. The standard InChI is InChI=1S/C12H15IN2O2/c13-9-5-8(6-14-7-9)12(17)15-10-3-1-2-4-11(10)16/h5-7,10-11,16H,1-4H2,(H,15,17). The van der Waals surface area contributed by atoms with E-state index in [1.165, 1.54) is 0 Å². The van der Waals surface area contributed by atoms with E-state index in [9.17, 15) is 9.90 Å². The van der Waals surface area contributed by atoms with Crippen LogP contribution >= 0.6 is 22.6 Å². The number of pyridine rings is 1. The molecule has 2 N–H and O–H groups in total. The van der Waals surface area contributed by atoms with Gasteiger partial charge in [0, 0.05) is 16.0 Å². The summed E-state index contributed by atoms with van der Waals surface area (Å²) in [5.74, 6) is -0.151. The van der Waals surface area contributed by atoms with Gasteiger partial charge in [0.1, 0.15) is 0 Å². The van der Waals surface area contributed by atoms with E-state index in [-0.39, 0.29) is 11.9 Å². The second-order valence-corrected chi connectivity index (χ2v) is 5.57. The van der Waals surface area contributed by atoms with Gasteiger partial charge in [0.15, 0.2) is 0 Å². The van der Waals surface area contributed by atoms with Crippen molar-refractivity contribution in [2.45, 2.75) is 37.8 Å². The van der Waals surface area contributed by atoms with Crippen molar-refractivity contribution < 1.29 is 9.90 Å². The highest BCUT2D eigenvalue weighted by atomic mass is 127. The van der Waals surface area contributed by atoms with Gasteiger partial charge in [0.2, 0.25) is 0 Å². The lowest BCUT2D eigenvalue weighted by Gasteiger charge is -2.28. The van der Waals surface area contributed by atoms with Crippen LogP contribution in [0.4, 0.5) is 0 Å². The molecule has 2 unspecified atom stereocenters. The van der Waals surface area contributed by atoms with Gasteiger partial charge in [-0.25, -0.2) is 0 Å². The quantitative estimate of drug-likeness (QED) is 0.802. The van der Waals surface area contributed by atoms with Crippen LogP contribution in [0.3, 0.4) is 0 Å². The first-order valence-corrected chi connectivity index (χ1v) is 6.84. The van der Waals surface area contributed by atoms with E-state index < -0.39 is 6.10 Å². The smallest absolute Gasteiger partial charge is 0.253 e. The van der Waals surface area contributed by atoms with E-state index in [4.69, 9.17) is 0 Å². The lowest BCUT2D eigenvalue weighted by molar-refractivity contribution is 0.0717. The van der Waals surface area contributed by atoms with Crippen LogP contribution in [0.1, 0.15) is 36.0 Å². The number of hydrogen-bond acceptors (Lipinski definition) is 3. The average Bonchev–Trinajstić information content (AvgIpc) is 2.32. The van der Waals surface area contributed by atoms with Crippen LogP contribution < -0.4 is 5.32 Å². The van der Waals surface area contributed by atoms with E-state index in [0.29, 0.717) is 5.56 Å². The Kier molecular flexibility index (Phi) is 4.33. The molecule has 0 aromatic carbocycles. The summed E-state index contributed by atoms with van der Waals surface area (Å²) in [5, 5.41) is 12.7. The van der Waals surface area contributed by atoms with Crippen molar-refractivity contribution in [2.75, 3.05) is 0 Å². The fourth-order valence-electron chi connectivity index (χ4n) is 2.07. The highest BCUT2D eigenvalue weighted by molar-refractivity contribution is 14.1. The van der Waals surface area contributed by atoms with Crippen molar-refractivity contribution in [1.29, 1.82) is 0 Å². The van der Waals surface area contributed by atoms with Gasteiger partial charge < -0.3 is 10.4 Å². The third-order valence-corrected chi connectivity index (χ3v) is 3.60. The third-order valence-electron chi connectivity index (χ3n) is 3.01. The molecule has 1 aromatic rings. The molecule has 1 heterocycles. The Hall–Kier alpha value is -0.690. The zero-order valence-corrected chi connectivity index (χ0v) is 11.6. The van der Waals surface area contributed by atoms with Crippen LogP contribution in [0.15, 0.2) is 18.5 Å². The number of amides is 1. The summed E-state index contributed by atoms with van der Waals surface area (Å²) in [7, 11) is 0. The molecule has 0 radical (unpaired) electrons. The largest absolute Gasteiger partial charge is 0.391 e. The topological polar surface area (TPSA) is 62.2 Å². The Balaban J connectivity index is 2.01. The minimum Gasteiger partial charge on any atom is -0.391 e. The van der Waals surface area contributed by atoms with Crippen LogP contribution in [0.25, 0.3) is 0 Å². The van der Waals surface area contributed by atoms with Crippen molar-refractivity contribution in [3.05, 3.63) is 27.6 Å². The Labute approximate surface area is 114 Å². The predicted octanol–water partition coefficient (Wildman–Crippen LogP) is 1.72. The minimum absolute atomic E-state index is 0.117. The molecule has 4 nitrogen and oxygen atoms in total. The molecule has 1 aromatic heterocycles. The van der Waals surface area contributed by atoms with Gasteiger partial charge in [0.25, 0.3) is 5.91 Å². The molecule has 1 aliphatic rings. The first-order valence-electron chi connectivity index (χ1n) is 5.76. The van der Waals surface area contributed by atoms with Crippen molar-refractivity contribution >= 4 is 28.5 Å². The number of aliphatic hydroxyl groups is 1. The maximum absolute atomic E-state index is 11.9. The summed E-state index contributed by atoms with van der Waals surface area (Å²) in [6, 6.07) is 1.67. The molecule has 92 valence electrons. The molecule has 0 saturated heterocycles. The van der Waals surface area contributed by atoms with Gasteiger partial charge in [-0.15, -0.1) is 0 Å². The van der Waals surface area contributed by atoms with Crippen LogP contribution in [0, 0.1) is 3.57 Å². The Bertz CT molecular complexity index is 411. The molecular formula is C12H15IN2O2. The molecule has 0 spiro atoms. The highest BCUT2D eigenvalue weighted by Gasteiger charge is 2.24. The van der Waals surface area contributed by atoms with Crippen LogP contribution in [-0.4, -0.2) is 28.1 Å². The van der Waals surface area contributed by atoms with E-state index >= 15 is 0 Å². The molecule has 1 aliphatic carbocycles. The zero-order chi connectivity index (χ0) is 12.3. The summed E-state index contributed by atoms with van der Waals surface area (Å²) in [5.41, 5.74) is 0.551. The van der Waals surface area contributed by atoms with Crippen molar-refractivity contribution in [1.82, 2.24) is 10.3 Å². The fraction of sp³-hybridized carbons (Fsp3) is 0.500. The van der Waals surface area contributed by atoms with Crippen molar-refractivity contribution in [3.8, 4) is 0 Å². The number of carbonyl (C=O) groups excluding carboxylic acids is 1. The maximum atomic E-state index is 11.9.